The Labute approximate surface area is 201 Å². The normalized spacial score (nSPS) is 18.9. The van der Waals surface area contributed by atoms with E-state index in [2.05, 4.69) is 28.4 Å². The quantitative estimate of drug-likeness (QED) is 0.450. The second-order valence-electron chi connectivity index (χ2n) is 8.63. The third-order valence-corrected chi connectivity index (χ3v) is 7.67. The Kier molecular flexibility index (Phi) is 5.82. The van der Waals surface area contributed by atoms with E-state index in [1.165, 1.54) is 0 Å². The lowest BCUT2D eigenvalue weighted by Crippen LogP contribution is -2.36. The molecular formula is C24H28N6O3S. The Bertz CT molecular complexity index is 1320. The zero-order valence-corrected chi connectivity index (χ0v) is 20.2. The van der Waals surface area contributed by atoms with Crippen LogP contribution in [0.25, 0.3) is 32.2 Å². The number of nitrogens with one attached hydrogen (secondary N) is 1. The topological polar surface area (TPSA) is 86.6 Å². The highest BCUT2D eigenvalue weighted by Crippen LogP contribution is 2.41. The van der Waals surface area contributed by atoms with E-state index in [9.17, 15) is 0 Å². The van der Waals surface area contributed by atoms with Crippen LogP contribution in [-0.2, 0) is 16.2 Å². The van der Waals surface area contributed by atoms with Crippen LogP contribution in [0.4, 0.5) is 5.69 Å². The van der Waals surface area contributed by atoms with Gasteiger partial charge in [0.05, 0.1) is 30.7 Å². The van der Waals surface area contributed by atoms with Crippen molar-refractivity contribution in [2.75, 3.05) is 58.5 Å². The van der Waals surface area contributed by atoms with E-state index in [0.29, 0.717) is 12.6 Å². The molecule has 6 rings (SSSR count). The van der Waals surface area contributed by atoms with Crippen LogP contribution in [0.5, 0.6) is 5.75 Å². The molecule has 0 amide bonds. The standard InChI is InChI=1S/C24H28N6O3S/c1-31-14-30-22-17(4-3-16(26-22)15-7-8-25-13-15)27-23(30)24-28-20-19(32-2)6-5-18(21(20)34-24)29-9-11-33-12-10-29/h3-6,15,25H,7-14H2,1-2H3. The monoisotopic (exact) mass is 480 g/mol. The van der Waals surface area contributed by atoms with Gasteiger partial charge < -0.3 is 24.4 Å². The van der Waals surface area contributed by atoms with Crippen molar-refractivity contribution in [3.63, 3.8) is 0 Å². The van der Waals surface area contributed by atoms with Crippen molar-refractivity contribution in [3.8, 4) is 16.6 Å². The summed E-state index contributed by atoms with van der Waals surface area (Å²) in [7, 11) is 3.38. The van der Waals surface area contributed by atoms with Gasteiger partial charge in [-0.1, -0.05) is 0 Å². The van der Waals surface area contributed by atoms with E-state index in [4.69, 9.17) is 29.2 Å². The second-order valence-corrected chi connectivity index (χ2v) is 9.63. The zero-order valence-electron chi connectivity index (χ0n) is 19.4. The van der Waals surface area contributed by atoms with Crippen LogP contribution in [0.1, 0.15) is 18.0 Å². The fourth-order valence-corrected chi connectivity index (χ4v) is 5.97. The smallest absolute Gasteiger partial charge is 0.173 e. The molecule has 0 bridgehead atoms. The first-order valence-electron chi connectivity index (χ1n) is 11.6. The lowest BCUT2D eigenvalue weighted by Gasteiger charge is -2.29. The van der Waals surface area contributed by atoms with E-state index >= 15 is 0 Å². The molecule has 2 saturated heterocycles. The molecule has 4 aromatic rings. The third kappa shape index (κ3) is 3.70. The van der Waals surface area contributed by atoms with Gasteiger partial charge in [-0.3, -0.25) is 4.57 Å². The lowest BCUT2D eigenvalue weighted by molar-refractivity contribution is 0.123. The maximum absolute atomic E-state index is 5.66. The molecule has 2 aliphatic heterocycles. The third-order valence-electron chi connectivity index (χ3n) is 6.60. The first-order valence-corrected chi connectivity index (χ1v) is 12.5. The average Bonchev–Trinajstić information content (AvgIpc) is 3.63. The number of nitrogens with zero attached hydrogens (tertiary/aromatic N) is 5. The molecule has 3 aromatic heterocycles. The van der Waals surface area contributed by atoms with Gasteiger partial charge in [0.15, 0.2) is 16.5 Å². The van der Waals surface area contributed by atoms with E-state index < -0.39 is 0 Å². The van der Waals surface area contributed by atoms with Crippen molar-refractivity contribution in [1.82, 2.24) is 24.8 Å². The summed E-state index contributed by atoms with van der Waals surface area (Å²) in [6.07, 6.45) is 1.10. The van der Waals surface area contributed by atoms with Gasteiger partial charge in [0, 0.05) is 38.4 Å². The molecule has 0 aliphatic carbocycles. The van der Waals surface area contributed by atoms with Crippen molar-refractivity contribution in [1.29, 1.82) is 0 Å². The van der Waals surface area contributed by atoms with Crippen LogP contribution in [0.15, 0.2) is 24.3 Å². The molecule has 2 fully saturated rings. The molecule has 34 heavy (non-hydrogen) atoms. The number of benzene rings is 1. The highest BCUT2D eigenvalue weighted by Gasteiger charge is 2.24. The molecule has 1 unspecified atom stereocenters. The molecule has 5 heterocycles. The average molecular weight is 481 g/mol. The van der Waals surface area contributed by atoms with Crippen LogP contribution in [0.2, 0.25) is 0 Å². The number of hydrogen-bond donors (Lipinski definition) is 1. The molecule has 1 atom stereocenters. The molecule has 178 valence electrons. The van der Waals surface area contributed by atoms with E-state index in [-0.39, 0.29) is 0 Å². The Hall–Kier alpha value is -2.79. The van der Waals surface area contributed by atoms with Crippen LogP contribution in [-0.4, -0.2) is 73.1 Å². The van der Waals surface area contributed by atoms with E-state index in [0.717, 1.165) is 95.2 Å². The number of aromatic nitrogens is 4. The number of anilines is 1. The van der Waals surface area contributed by atoms with Crippen molar-refractivity contribution >= 4 is 38.4 Å². The minimum absolute atomic E-state index is 0.356. The number of fused-ring (bicyclic) bond motifs is 2. The number of methoxy groups -OCH3 is 2. The molecule has 2 aliphatic rings. The van der Waals surface area contributed by atoms with Crippen LogP contribution in [0.3, 0.4) is 0 Å². The second kappa shape index (κ2) is 9.10. The van der Waals surface area contributed by atoms with Crippen LogP contribution < -0.4 is 15.0 Å². The number of pyridine rings is 1. The SMILES string of the molecule is COCn1c(-c2nc3c(OC)ccc(N4CCOCC4)c3s2)nc2ccc(C3CCNC3)nc21. The summed E-state index contributed by atoms with van der Waals surface area (Å²) in [6.45, 7) is 5.53. The van der Waals surface area contributed by atoms with Gasteiger partial charge in [-0.2, -0.15) is 0 Å². The van der Waals surface area contributed by atoms with Gasteiger partial charge in [-0.25, -0.2) is 15.0 Å². The van der Waals surface area contributed by atoms with E-state index in [1.54, 1.807) is 25.6 Å². The Morgan fingerprint density at radius 3 is 2.76 bits per heavy atom. The number of rotatable bonds is 6. The maximum atomic E-state index is 5.66. The van der Waals surface area contributed by atoms with Crippen molar-refractivity contribution in [3.05, 3.63) is 30.0 Å². The highest BCUT2D eigenvalue weighted by atomic mass is 32.1. The molecule has 1 N–H and O–H groups in total. The minimum Gasteiger partial charge on any atom is -0.494 e. The Morgan fingerprint density at radius 1 is 1.12 bits per heavy atom. The Balaban J connectivity index is 1.49. The van der Waals surface area contributed by atoms with Gasteiger partial charge in [0.1, 0.15) is 23.5 Å². The van der Waals surface area contributed by atoms with E-state index in [1.807, 2.05) is 10.6 Å². The summed E-state index contributed by atoms with van der Waals surface area (Å²) in [5, 5.41) is 4.26. The van der Waals surface area contributed by atoms with Crippen LogP contribution >= 0.6 is 11.3 Å². The fourth-order valence-electron chi connectivity index (χ4n) is 4.85. The lowest BCUT2D eigenvalue weighted by atomic mass is 10.0. The molecule has 0 saturated carbocycles. The number of hydrogen-bond acceptors (Lipinski definition) is 9. The summed E-state index contributed by atoms with van der Waals surface area (Å²) in [4.78, 5) is 17.3. The largest absolute Gasteiger partial charge is 0.494 e. The van der Waals surface area contributed by atoms with Gasteiger partial charge in [0.2, 0.25) is 0 Å². The predicted octanol–water partition coefficient (Wildman–Crippen LogP) is 3.23. The first-order chi connectivity index (χ1) is 16.8. The van der Waals surface area contributed by atoms with Crippen molar-refractivity contribution in [2.24, 2.45) is 0 Å². The van der Waals surface area contributed by atoms with Crippen molar-refractivity contribution < 1.29 is 14.2 Å². The number of imidazole rings is 1. The summed E-state index contributed by atoms with van der Waals surface area (Å²) < 4.78 is 19.9. The summed E-state index contributed by atoms with van der Waals surface area (Å²) >= 11 is 1.63. The first kappa shape index (κ1) is 21.7. The minimum atomic E-state index is 0.356. The molecule has 9 nitrogen and oxygen atoms in total. The number of thiazole rings is 1. The molecule has 0 radical (unpaired) electrons. The van der Waals surface area contributed by atoms with Crippen molar-refractivity contribution in [2.45, 2.75) is 19.1 Å². The Morgan fingerprint density at radius 2 is 2.00 bits per heavy atom. The summed E-state index contributed by atoms with van der Waals surface area (Å²) in [6, 6.07) is 8.29. The highest BCUT2D eigenvalue weighted by molar-refractivity contribution is 7.22. The molecular weight excluding hydrogens is 452 g/mol. The number of morpholine rings is 1. The number of ether oxygens (including phenoxy) is 3. The van der Waals surface area contributed by atoms with Gasteiger partial charge >= 0.3 is 0 Å². The van der Waals surface area contributed by atoms with Crippen LogP contribution in [0, 0.1) is 0 Å². The zero-order chi connectivity index (χ0) is 23.1. The van der Waals surface area contributed by atoms with Gasteiger partial charge in [-0.15, -0.1) is 11.3 Å². The van der Waals surface area contributed by atoms with Gasteiger partial charge in [0.25, 0.3) is 0 Å². The predicted molar refractivity (Wildman–Crippen MR) is 133 cm³/mol. The molecule has 1 aromatic carbocycles. The fraction of sp³-hybridized carbons (Fsp3) is 0.458. The summed E-state index contributed by atoms with van der Waals surface area (Å²) in [5.74, 6) is 1.96. The van der Waals surface area contributed by atoms with Gasteiger partial charge in [-0.05, 0) is 37.2 Å². The molecule has 10 heteroatoms. The maximum Gasteiger partial charge on any atom is 0.173 e. The molecule has 0 spiro atoms. The summed E-state index contributed by atoms with van der Waals surface area (Å²) in [5.41, 5.74) is 4.80.